The summed E-state index contributed by atoms with van der Waals surface area (Å²) in [5.74, 6) is 2.30. The van der Waals surface area contributed by atoms with Gasteiger partial charge in [-0.15, -0.1) is 17.4 Å². The van der Waals surface area contributed by atoms with Crippen molar-refractivity contribution in [2.75, 3.05) is 11.5 Å². The minimum atomic E-state index is -4.35. The van der Waals surface area contributed by atoms with Gasteiger partial charge < -0.3 is 35.2 Å². The first kappa shape index (κ1) is 26.0. The molecule has 6 N–H and O–H groups in total. The van der Waals surface area contributed by atoms with Crippen LogP contribution in [0.3, 0.4) is 0 Å². The molecular formula is C21H27N4O8P. The number of unbranched alkanes of at least 4 members (excludes halogenated alkanes) is 1. The van der Waals surface area contributed by atoms with Crippen molar-refractivity contribution in [3.05, 3.63) is 36.2 Å². The lowest BCUT2D eigenvalue weighted by atomic mass is 9.92. The summed E-state index contributed by atoms with van der Waals surface area (Å²) >= 11 is 0. The highest BCUT2D eigenvalue weighted by atomic mass is 31.2. The van der Waals surface area contributed by atoms with Gasteiger partial charge in [0.25, 0.3) is 0 Å². The molecule has 0 saturated carbocycles. The number of carbonyl (C=O) groups excluding carboxylic acids is 1. The van der Waals surface area contributed by atoms with Gasteiger partial charge >= 0.3 is 7.60 Å². The van der Waals surface area contributed by atoms with Crippen molar-refractivity contribution in [1.29, 1.82) is 0 Å². The fourth-order valence-corrected chi connectivity index (χ4v) is 4.15. The Morgan fingerprint density at radius 1 is 1.24 bits per heavy atom. The van der Waals surface area contributed by atoms with Gasteiger partial charge in [-0.3, -0.25) is 9.36 Å². The SMILES string of the molecule is C#CCCCC(=O)Nc1cccc(-n2cc([C@H]3O[C@H](CCP(=O)(O)O)[C@@H](O)[C@H](O)[C@@H]3O)nn2)c1. The van der Waals surface area contributed by atoms with Crippen molar-refractivity contribution < 1.29 is 39.2 Å². The predicted molar refractivity (Wildman–Crippen MR) is 120 cm³/mol. The van der Waals surface area contributed by atoms with Gasteiger partial charge in [0.2, 0.25) is 5.91 Å². The fourth-order valence-electron chi connectivity index (χ4n) is 3.56. The number of nitrogens with zero attached hydrogens (tertiary/aromatic N) is 3. The first-order valence-corrected chi connectivity index (χ1v) is 12.4. The third-order valence-electron chi connectivity index (χ3n) is 5.34. The summed E-state index contributed by atoms with van der Waals surface area (Å²) in [5, 5.41) is 41.5. The monoisotopic (exact) mass is 494 g/mol. The van der Waals surface area contributed by atoms with Crippen molar-refractivity contribution >= 4 is 19.2 Å². The Morgan fingerprint density at radius 2 is 2.00 bits per heavy atom. The van der Waals surface area contributed by atoms with E-state index in [1.54, 1.807) is 24.3 Å². The first-order chi connectivity index (χ1) is 16.1. The summed E-state index contributed by atoms with van der Waals surface area (Å²) in [4.78, 5) is 30.2. The van der Waals surface area contributed by atoms with Gasteiger partial charge in [-0.05, 0) is 31.0 Å². The van der Waals surface area contributed by atoms with Crippen LogP contribution in [0.15, 0.2) is 30.5 Å². The van der Waals surface area contributed by atoms with E-state index in [1.807, 2.05) is 0 Å². The normalized spacial score (nSPS) is 25.0. The zero-order valence-electron chi connectivity index (χ0n) is 18.1. The molecule has 1 aromatic heterocycles. The smallest absolute Gasteiger partial charge is 0.325 e. The summed E-state index contributed by atoms with van der Waals surface area (Å²) in [5.41, 5.74) is 1.22. The van der Waals surface area contributed by atoms with Crippen LogP contribution in [0.5, 0.6) is 0 Å². The standard InChI is InChI=1S/C21H27N4O8P/c1-2-3-4-8-17(26)22-13-6-5-7-14(11-13)25-12-15(23-24-25)21-20(29)19(28)18(27)16(33-21)9-10-34(30,31)32/h1,5-7,11-12,16,18-21,27-29H,3-4,8-10H2,(H,22,26)(H2,30,31,32)/t16-,18-,19+,20+,21-/m1/s1. The van der Waals surface area contributed by atoms with E-state index in [4.69, 9.17) is 20.9 Å². The van der Waals surface area contributed by atoms with Gasteiger partial charge in [0, 0.05) is 18.5 Å². The van der Waals surface area contributed by atoms with Gasteiger partial charge in [-0.2, -0.15) is 0 Å². The maximum absolute atomic E-state index is 12.0. The van der Waals surface area contributed by atoms with Crippen LogP contribution in [0, 0.1) is 12.3 Å². The van der Waals surface area contributed by atoms with Crippen LogP contribution in [0.1, 0.15) is 37.5 Å². The van der Waals surface area contributed by atoms with E-state index in [0.717, 1.165) is 0 Å². The summed E-state index contributed by atoms with van der Waals surface area (Å²) in [6, 6.07) is 6.79. The number of aliphatic hydroxyl groups is 3. The third kappa shape index (κ3) is 6.71. The number of hydrogen-bond acceptors (Lipinski definition) is 8. The van der Waals surface area contributed by atoms with Crippen LogP contribution in [0.4, 0.5) is 5.69 Å². The Hall–Kier alpha value is -2.62. The minimum Gasteiger partial charge on any atom is -0.388 e. The Morgan fingerprint density at radius 3 is 2.71 bits per heavy atom. The summed E-state index contributed by atoms with van der Waals surface area (Å²) < 4.78 is 18.2. The molecule has 184 valence electrons. The van der Waals surface area contributed by atoms with E-state index in [1.165, 1.54) is 10.9 Å². The zero-order chi connectivity index (χ0) is 24.9. The van der Waals surface area contributed by atoms with E-state index in [9.17, 15) is 24.7 Å². The second kappa shape index (κ2) is 11.2. The molecule has 1 aliphatic heterocycles. The van der Waals surface area contributed by atoms with E-state index in [2.05, 4.69) is 21.5 Å². The molecule has 1 fully saturated rings. The van der Waals surface area contributed by atoms with Crippen LogP contribution in [0.2, 0.25) is 0 Å². The maximum Gasteiger partial charge on any atom is 0.325 e. The molecular weight excluding hydrogens is 467 g/mol. The van der Waals surface area contributed by atoms with Crippen LogP contribution < -0.4 is 5.32 Å². The van der Waals surface area contributed by atoms with Crippen molar-refractivity contribution in [3.63, 3.8) is 0 Å². The van der Waals surface area contributed by atoms with E-state index in [-0.39, 0.29) is 24.4 Å². The number of terminal acetylenes is 1. The summed E-state index contributed by atoms with van der Waals surface area (Å²) in [6.45, 7) is 0. The number of rotatable bonds is 9. The van der Waals surface area contributed by atoms with Gasteiger partial charge in [-0.1, -0.05) is 11.3 Å². The second-order valence-electron chi connectivity index (χ2n) is 7.99. The van der Waals surface area contributed by atoms with Crippen LogP contribution in [0.25, 0.3) is 5.69 Å². The highest BCUT2D eigenvalue weighted by molar-refractivity contribution is 7.51. The minimum absolute atomic E-state index is 0.142. The maximum atomic E-state index is 12.0. The van der Waals surface area contributed by atoms with Gasteiger partial charge in [0.15, 0.2) is 0 Å². The average Bonchev–Trinajstić information content (AvgIpc) is 3.27. The predicted octanol–water partition coefficient (Wildman–Crippen LogP) is 0.0997. The molecule has 0 aliphatic carbocycles. The van der Waals surface area contributed by atoms with Crippen LogP contribution >= 0.6 is 7.60 Å². The Labute approximate surface area is 195 Å². The number of aromatic nitrogens is 3. The number of anilines is 1. The fraction of sp³-hybridized carbons (Fsp3) is 0.476. The van der Waals surface area contributed by atoms with Crippen molar-refractivity contribution in [2.45, 2.75) is 56.2 Å². The Bertz CT molecular complexity index is 1080. The van der Waals surface area contributed by atoms with Gasteiger partial charge in [-0.25, -0.2) is 4.68 Å². The molecule has 34 heavy (non-hydrogen) atoms. The number of amides is 1. The lowest BCUT2D eigenvalue weighted by Crippen LogP contribution is -2.54. The van der Waals surface area contributed by atoms with Crippen LogP contribution in [-0.2, 0) is 14.1 Å². The number of benzene rings is 1. The van der Waals surface area contributed by atoms with Crippen molar-refractivity contribution in [3.8, 4) is 18.0 Å². The molecule has 1 aromatic carbocycles. The largest absolute Gasteiger partial charge is 0.388 e. The summed E-state index contributed by atoms with van der Waals surface area (Å²) in [7, 11) is -4.35. The van der Waals surface area contributed by atoms with E-state index < -0.39 is 44.3 Å². The lowest BCUT2D eigenvalue weighted by molar-refractivity contribution is -0.225. The number of ether oxygens (including phenoxy) is 1. The average molecular weight is 494 g/mol. The molecule has 1 saturated heterocycles. The molecule has 1 aliphatic rings. The van der Waals surface area contributed by atoms with Gasteiger partial charge in [0.05, 0.1) is 24.2 Å². The van der Waals surface area contributed by atoms with E-state index >= 15 is 0 Å². The topological polar surface area (TPSA) is 187 Å². The molecule has 5 atom stereocenters. The van der Waals surface area contributed by atoms with Gasteiger partial charge in [0.1, 0.15) is 30.1 Å². The first-order valence-electron chi connectivity index (χ1n) is 10.6. The molecule has 2 aromatic rings. The highest BCUT2D eigenvalue weighted by Gasteiger charge is 2.45. The molecule has 0 bridgehead atoms. The molecule has 2 heterocycles. The number of nitrogens with one attached hydrogen (secondary N) is 1. The molecule has 12 nitrogen and oxygen atoms in total. The molecule has 3 rings (SSSR count). The van der Waals surface area contributed by atoms with Crippen molar-refractivity contribution in [2.24, 2.45) is 0 Å². The second-order valence-corrected chi connectivity index (χ2v) is 9.76. The number of aliphatic hydroxyl groups excluding tert-OH is 3. The molecule has 13 heteroatoms. The third-order valence-corrected chi connectivity index (χ3v) is 6.18. The zero-order valence-corrected chi connectivity index (χ0v) is 19.0. The molecule has 0 radical (unpaired) electrons. The molecule has 0 unspecified atom stereocenters. The van der Waals surface area contributed by atoms with Crippen molar-refractivity contribution in [1.82, 2.24) is 15.0 Å². The summed E-state index contributed by atoms with van der Waals surface area (Å²) in [6.07, 6.45) is 0.221. The molecule has 1 amide bonds. The quantitative estimate of drug-likeness (QED) is 0.159. The Balaban J connectivity index is 1.73. The number of carbonyl (C=O) groups is 1. The van der Waals surface area contributed by atoms with E-state index in [0.29, 0.717) is 24.2 Å². The number of hydrogen-bond donors (Lipinski definition) is 6. The molecule has 0 spiro atoms. The Kier molecular flexibility index (Phi) is 8.57. The lowest BCUT2D eigenvalue weighted by Gasteiger charge is -2.40. The van der Waals surface area contributed by atoms with Crippen LogP contribution in [-0.4, -0.2) is 76.6 Å². The highest BCUT2D eigenvalue weighted by Crippen LogP contribution is 2.39.